The molecule has 0 spiro atoms. The number of carbonyl (C=O) groups is 3. The van der Waals surface area contributed by atoms with Crippen molar-refractivity contribution >= 4 is 17.8 Å². The van der Waals surface area contributed by atoms with Gasteiger partial charge in [0.1, 0.15) is 6.04 Å². The van der Waals surface area contributed by atoms with Crippen molar-refractivity contribution < 1.29 is 19.5 Å². The largest absolute Gasteiger partial charge is 0.480 e. The van der Waals surface area contributed by atoms with Crippen LogP contribution in [0.4, 0.5) is 0 Å². The normalized spacial score (nSPS) is 13.3. The average Bonchev–Trinajstić information content (AvgIpc) is 2.38. The van der Waals surface area contributed by atoms with Crippen LogP contribution < -0.4 is 11.1 Å². The Morgan fingerprint density at radius 3 is 2.32 bits per heavy atom. The molecule has 0 radical (unpaired) electrons. The number of benzene rings is 1. The molecule has 0 fully saturated rings. The fourth-order valence-corrected chi connectivity index (χ4v) is 1.52. The van der Waals surface area contributed by atoms with Gasteiger partial charge < -0.3 is 16.2 Å². The molecule has 0 heterocycles. The Morgan fingerprint density at radius 2 is 1.84 bits per heavy atom. The predicted octanol–water partition coefficient (Wildman–Crippen LogP) is 0.381. The third-order valence-corrected chi connectivity index (χ3v) is 2.71. The van der Waals surface area contributed by atoms with E-state index in [2.05, 4.69) is 5.32 Å². The zero-order chi connectivity index (χ0) is 14.4. The molecule has 1 aromatic carbocycles. The number of carboxylic acid groups (broad SMARTS) is 1. The first-order chi connectivity index (χ1) is 8.91. The minimum Gasteiger partial charge on any atom is -0.480 e. The van der Waals surface area contributed by atoms with Crippen LogP contribution in [0, 0.1) is 5.92 Å². The summed E-state index contributed by atoms with van der Waals surface area (Å²) in [6, 6.07) is 7.11. The van der Waals surface area contributed by atoms with Gasteiger partial charge in [0.25, 0.3) is 5.91 Å². The van der Waals surface area contributed by atoms with E-state index in [4.69, 9.17) is 10.8 Å². The highest BCUT2D eigenvalue weighted by atomic mass is 16.4. The van der Waals surface area contributed by atoms with Crippen molar-refractivity contribution in [2.45, 2.75) is 19.4 Å². The quantitative estimate of drug-likeness (QED) is 0.690. The fourth-order valence-electron chi connectivity index (χ4n) is 1.52. The van der Waals surface area contributed by atoms with Crippen LogP contribution in [0.15, 0.2) is 30.3 Å². The number of carboxylic acids is 1. The monoisotopic (exact) mass is 264 g/mol. The van der Waals surface area contributed by atoms with Crippen molar-refractivity contribution in [2.24, 2.45) is 11.7 Å². The second kappa shape index (κ2) is 6.53. The summed E-state index contributed by atoms with van der Waals surface area (Å²) in [6.45, 7) is 1.52. The second-order valence-corrected chi connectivity index (χ2v) is 4.27. The molecule has 102 valence electrons. The van der Waals surface area contributed by atoms with Crippen molar-refractivity contribution in [3.8, 4) is 0 Å². The van der Waals surface area contributed by atoms with Crippen molar-refractivity contribution in [3.05, 3.63) is 35.9 Å². The van der Waals surface area contributed by atoms with E-state index in [1.807, 2.05) is 0 Å². The van der Waals surface area contributed by atoms with E-state index in [9.17, 15) is 14.4 Å². The van der Waals surface area contributed by atoms with Gasteiger partial charge in [-0.15, -0.1) is 0 Å². The van der Waals surface area contributed by atoms with Gasteiger partial charge in [0, 0.05) is 11.5 Å². The summed E-state index contributed by atoms with van der Waals surface area (Å²) in [7, 11) is 0. The molecule has 2 atom stereocenters. The van der Waals surface area contributed by atoms with Crippen LogP contribution in [0.3, 0.4) is 0 Å². The Balaban J connectivity index is 2.72. The number of aliphatic carboxylic acids is 1. The molecule has 0 aliphatic carbocycles. The van der Waals surface area contributed by atoms with E-state index in [0.29, 0.717) is 5.56 Å². The van der Waals surface area contributed by atoms with Crippen molar-refractivity contribution in [1.29, 1.82) is 0 Å². The van der Waals surface area contributed by atoms with E-state index in [1.165, 1.54) is 6.92 Å². The standard InChI is InChI=1S/C13H16N2O4/c1-8(11(14)16)7-10(13(18)19)15-12(17)9-5-3-2-4-6-9/h2-6,8,10H,7H2,1H3,(H2,14,16)(H,15,17)(H,18,19)/t8?,10-/m0/s1. The molecule has 0 aliphatic rings. The number of hydrogen-bond acceptors (Lipinski definition) is 3. The van der Waals surface area contributed by atoms with Crippen LogP contribution in [0.25, 0.3) is 0 Å². The fraction of sp³-hybridized carbons (Fsp3) is 0.308. The Labute approximate surface area is 110 Å². The summed E-state index contributed by atoms with van der Waals surface area (Å²) in [6.07, 6.45) is -0.0385. The molecule has 1 unspecified atom stereocenters. The minimum atomic E-state index is -1.20. The maximum Gasteiger partial charge on any atom is 0.326 e. The first kappa shape index (κ1) is 14.7. The zero-order valence-electron chi connectivity index (χ0n) is 10.5. The van der Waals surface area contributed by atoms with E-state index >= 15 is 0 Å². The molecule has 0 saturated carbocycles. The number of hydrogen-bond donors (Lipinski definition) is 3. The molecule has 1 rings (SSSR count). The number of carbonyl (C=O) groups excluding carboxylic acids is 2. The van der Waals surface area contributed by atoms with Gasteiger partial charge >= 0.3 is 5.97 Å². The van der Waals surface area contributed by atoms with Gasteiger partial charge in [-0.05, 0) is 18.6 Å². The Bertz CT molecular complexity index is 473. The van der Waals surface area contributed by atoms with E-state index in [0.717, 1.165) is 0 Å². The molecule has 6 heteroatoms. The van der Waals surface area contributed by atoms with Crippen LogP contribution in [0.2, 0.25) is 0 Å². The van der Waals surface area contributed by atoms with E-state index in [-0.39, 0.29) is 6.42 Å². The predicted molar refractivity (Wildman–Crippen MR) is 68.3 cm³/mol. The summed E-state index contributed by atoms with van der Waals surface area (Å²) >= 11 is 0. The maximum absolute atomic E-state index is 11.8. The lowest BCUT2D eigenvalue weighted by Gasteiger charge is -2.17. The van der Waals surface area contributed by atoms with Crippen LogP contribution >= 0.6 is 0 Å². The van der Waals surface area contributed by atoms with Gasteiger partial charge in [-0.25, -0.2) is 4.79 Å². The van der Waals surface area contributed by atoms with Crippen LogP contribution in [-0.4, -0.2) is 28.9 Å². The summed E-state index contributed by atoms with van der Waals surface area (Å²) in [5.74, 6) is -2.92. The lowest BCUT2D eigenvalue weighted by molar-refractivity contribution is -0.139. The Morgan fingerprint density at radius 1 is 1.26 bits per heavy atom. The number of primary amides is 1. The Kier molecular flexibility index (Phi) is 5.05. The van der Waals surface area contributed by atoms with Crippen LogP contribution in [0.1, 0.15) is 23.7 Å². The van der Waals surface area contributed by atoms with E-state index in [1.54, 1.807) is 30.3 Å². The number of nitrogens with one attached hydrogen (secondary N) is 1. The van der Waals surface area contributed by atoms with Crippen molar-refractivity contribution in [1.82, 2.24) is 5.32 Å². The molecule has 0 aliphatic heterocycles. The molecular formula is C13H16N2O4. The first-order valence-electron chi connectivity index (χ1n) is 5.80. The van der Waals surface area contributed by atoms with Gasteiger partial charge in [-0.3, -0.25) is 9.59 Å². The summed E-state index contributed by atoms with van der Waals surface area (Å²) in [5, 5.41) is 11.4. The number of rotatable bonds is 6. The van der Waals surface area contributed by atoms with Gasteiger partial charge in [-0.2, -0.15) is 0 Å². The number of nitrogens with two attached hydrogens (primary N) is 1. The summed E-state index contributed by atoms with van der Waals surface area (Å²) < 4.78 is 0. The molecule has 0 saturated heterocycles. The van der Waals surface area contributed by atoms with E-state index < -0.39 is 29.7 Å². The highest BCUT2D eigenvalue weighted by Crippen LogP contribution is 2.07. The molecule has 2 amide bonds. The lowest BCUT2D eigenvalue weighted by Crippen LogP contribution is -2.43. The third kappa shape index (κ3) is 4.42. The smallest absolute Gasteiger partial charge is 0.326 e. The third-order valence-electron chi connectivity index (χ3n) is 2.71. The van der Waals surface area contributed by atoms with Gasteiger partial charge in [-0.1, -0.05) is 25.1 Å². The van der Waals surface area contributed by atoms with Crippen LogP contribution in [-0.2, 0) is 9.59 Å². The first-order valence-corrected chi connectivity index (χ1v) is 5.80. The SMILES string of the molecule is CC(C[C@H](NC(=O)c1ccccc1)C(=O)O)C(N)=O. The Hall–Kier alpha value is -2.37. The molecule has 6 nitrogen and oxygen atoms in total. The second-order valence-electron chi connectivity index (χ2n) is 4.27. The zero-order valence-corrected chi connectivity index (χ0v) is 10.5. The molecule has 19 heavy (non-hydrogen) atoms. The highest BCUT2D eigenvalue weighted by molar-refractivity contribution is 5.96. The summed E-state index contributed by atoms with van der Waals surface area (Å²) in [5.41, 5.74) is 5.44. The molecule has 0 bridgehead atoms. The summed E-state index contributed by atoms with van der Waals surface area (Å²) in [4.78, 5) is 33.8. The van der Waals surface area contributed by atoms with Gasteiger partial charge in [0.15, 0.2) is 0 Å². The minimum absolute atomic E-state index is 0.0385. The maximum atomic E-state index is 11.8. The lowest BCUT2D eigenvalue weighted by atomic mass is 10.0. The molecule has 1 aromatic rings. The van der Waals surface area contributed by atoms with Gasteiger partial charge in [0.2, 0.25) is 5.91 Å². The molecular weight excluding hydrogens is 248 g/mol. The van der Waals surface area contributed by atoms with Crippen molar-refractivity contribution in [2.75, 3.05) is 0 Å². The molecule has 0 aromatic heterocycles. The van der Waals surface area contributed by atoms with Crippen molar-refractivity contribution in [3.63, 3.8) is 0 Å². The van der Waals surface area contributed by atoms with Gasteiger partial charge in [0.05, 0.1) is 0 Å². The topological polar surface area (TPSA) is 109 Å². The van der Waals surface area contributed by atoms with Crippen LogP contribution in [0.5, 0.6) is 0 Å². The number of amides is 2. The average molecular weight is 264 g/mol. The molecule has 4 N–H and O–H groups in total. The highest BCUT2D eigenvalue weighted by Gasteiger charge is 2.24.